The van der Waals surface area contributed by atoms with E-state index in [-0.39, 0.29) is 6.10 Å². The third-order valence-corrected chi connectivity index (χ3v) is 2.87. The number of aliphatic hydroxyl groups excluding tert-OH is 1. The van der Waals surface area contributed by atoms with E-state index >= 15 is 0 Å². The summed E-state index contributed by atoms with van der Waals surface area (Å²) in [6.07, 6.45) is 1.90. The molecule has 78 valence electrons. The fourth-order valence-corrected chi connectivity index (χ4v) is 2.07. The summed E-state index contributed by atoms with van der Waals surface area (Å²) in [5, 5.41) is 9.98. The lowest BCUT2D eigenvalue weighted by molar-refractivity contribution is 0.0149. The monoisotopic (exact) mass is 186 g/mol. The molecule has 0 aromatic rings. The highest BCUT2D eigenvalue weighted by molar-refractivity contribution is 4.89. The standard InChI is InChI=1S/C10H22N2O/c1-10(2,11)9(13)8-5-4-6-12(3)7-8/h8-9,13H,4-7,11H2,1-3H3. The minimum Gasteiger partial charge on any atom is -0.391 e. The Bertz CT molecular complexity index is 165. The molecular weight excluding hydrogens is 164 g/mol. The Kier molecular flexibility index (Phi) is 3.33. The summed E-state index contributed by atoms with van der Waals surface area (Å²) < 4.78 is 0. The first-order valence-electron chi connectivity index (χ1n) is 5.07. The predicted molar refractivity (Wildman–Crippen MR) is 54.5 cm³/mol. The molecule has 0 aromatic carbocycles. The van der Waals surface area contributed by atoms with Crippen molar-refractivity contribution in [2.24, 2.45) is 11.7 Å². The molecule has 3 N–H and O–H groups in total. The van der Waals surface area contributed by atoms with Crippen molar-refractivity contribution >= 4 is 0 Å². The van der Waals surface area contributed by atoms with Gasteiger partial charge in [-0.2, -0.15) is 0 Å². The lowest BCUT2D eigenvalue weighted by atomic mass is 9.83. The molecule has 3 heteroatoms. The van der Waals surface area contributed by atoms with E-state index in [2.05, 4.69) is 11.9 Å². The van der Waals surface area contributed by atoms with Crippen LogP contribution < -0.4 is 5.73 Å². The quantitative estimate of drug-likeness (QED) is 0.657. The van der Waals surface area contributed by atoms with Gasteiger partial charge in [-0.25, -0.2) is 0 Å². The summed E-state index contributed by atoms with van der Waals surface area (Å²) in [4.78, 5) is 2.27. The van der Waals surface area contributed by atoms with Gasteiger partial charge in [0.1, 0.15) is 0 Å². The van der Waals surface area contributed by atoms with Crippen molar-refractivity contribution in [2.45, 2.75) is 38.3 Å². The molecule has 0 aromatic heterocycles. The first-order chi connectivity index (χ1) is 5.91. The minimum absolute atomic E-state index is 0.346. The molecule has 0 radical (unpaired) electrons. The smallest absolute Gasteiger partial charge is 0.0754 e. The number of rotatable bonds is 2. The molecule has 0 spiro atoms. The second-order valence-corrected chi connectivity index (χ2v) is 4.93. The van der Waals surface area contributed by atoms with E-state index in [1.54, 1.807) is 0 Å². The van der Waals surface area contributed by atoms with Crippen molar-refractivity contribution in [2.75, 3.05) is 20.1 Å². The summed E-state index contributed by atoms with van der Waals surface area (Å²) in [5.74, 6) is 0.346. The van der Waals surface area contributed by atoms with Crippen LogP contribution in [-0.2, 0) is 0 Å². The number of likely N-dealkylation sites (tertiary alicyclic amines) is 1. The number of hydrogen-bond donors (Lipinski definition) is 2. The van der Waals surface area contributed by atoms with E-state index in [1.807, 2.05) is 13.8 Å². The molecule has 1 saturated heterocycles. The van der Waals surface area contributed by atoms with E-state index in [4.69, 9.17) is 5.73 Å². The Hall–Kier alpha value is -0.120. The fourth-order valence-electron chi connectivity index (χ4n) is 2.07. The second kappa shape index (κ2) is 3.95. The van der Waals surface area contributed by atoms with E-state index in [1.165, 1.54) is 6.42 Å². The number of nitrogens with two attached hydrogens (primary N) is 1. The van der Waals surface area contributed by atoms with Crippen LogP contribution in [-0.4, -0.2) is 41.8 Å². The Morgan fingerprint density at radius 2 is 2.15 bits per heavy atom. The van der Waals surface area contributed by atoms with Gasteiger partial charge in [-0.05, 0) is 46.2 Å². The molecule has 0 amide bonds. The molecule has 1 rings (SSSR count). The number of hydrogen-bond acceptors (Lipinski definition) is 3. The summed E-state index contributed by atoms with van der Waals surface area (Å²) in [7, 11) is 2.10. The molecule has 1 aliphatic heterocycles. The topological polar surface area (TPSA) is 49.5 Å². The number of aliphatic hydroxyl groups is 1. The first kappa shape index (κ1) is 11.0. The van der Waals surface area contributed by atoms with E-state index in [0.29, 0.717) is 5.92 Å². The lowest BCUT2D eigenvalue weighted by Gasteiger charge is -2.38. The van der Waals surface area contributed by atoms with Gasteiger partial charge in [0, 0.05) is 12.1 Å². The fraction of sp³-hybridized carbons (Fsp3) is 1.00. The Morgan fingerprint density at radius 3 is 2.62 bits per heavy atom. The maximum Gasteiger partial charge on any atom is 0.0754 e. The van der Waals surface area contributed by atoms with Crippen LogP contribution in [0, 0.1) is 5.92 Å². The van der Waals surface area contributed by atoms with Crippen molar-refractivity contribution in [3.05, 3.63) is 0 Å². The van der Waals surface area contributed by atoms with E-state index < -0.39 is 5.54 Å². The molecule has 2 unspecified atom stereocenters. The predicted octanol–water partition coefficient (Wildman–Crippen LogP) is 0.426. The van der Waals surface area contributed by atoms with Gasteiger partial charge >= 0.3 is 0 Å². The maximum absolute atomic E-state index is 9.98. The SMILES string of the molecule is CN1CCCC(C(O)C(C)(C)N)C1. The molecule has 0 aliphatic carbocycles. The highest BCUT2D eigenvalue weighted by Gasteiger charge is 2.32. The van der Waals surface area contributed by atoms with Gasteiger partial charge in [-0.3, -0.25) is 0 Å². The average Bonchev–Trinajstić information content (AvgIpc) is 2.01. The molecule has 2 atom stereocenters. The zero-order chi connectivity index (χ0) is 10.1. The Morgan fingerprint density at radius 1 is 1.54 bits per heavy atom. The molecule has 13 heavy (non-hydrogen) atoms. The average molecular weight is 186 g/mol. The molecular formula is C10H22N2O. The largest absolute Gasteiger partial charge is 0.391 e. The van der Waals surface area contributed by atoms with Crippen LogP contribution in [0.3, 0.4) is 0 Å². The second-order valence-electron chi connectivity index (χ2n) is 4.93. The van der Waals surface area contributed by atoms with Gasteiger partial charge in [0.2, 0.25) is 0 Å². The zero-order valence-corrected chi connectivity index (χ0v) is 8.95. The van der Waals surface area contributed by atoms with Gasteiger partial charge in [0.25, 0.3) is 0 Å². The third kappa shape index (κ3) is 2.93. The van der Waals surface area contributed by atoms with Crippen molar-refractivity contribution in [3.63, 3.8) is 0 Å². The van der Waals surface area contributed by atoms with Crippen molar-refractivity contribution in [1.82, 2.24) is 4.90 Å². The van der Waals surface area contributed by atoms with Gasteiger partial charge in [-0.1, -0.05) is 0 Å². The summed E-state index contributed by atoms with van der Waals surface area (Å²) in [6.45, 7) is 5.91. The van der Waals surface area contributed by atoms with Crippen LogP contribution in [0.25, 0.3) is 0 Å². The van der Waals surface area contributed by atoms with Crippen LogP contribution in [0.1, 0.15) is 26.7 Å². The van der Waals surface area contributed by atoms with Crippen LogP contribution in [0.15, 0.2) is 0 Å². The van der Waals surface area contributed by atoms with Crippen LogP contribution in [0.2, 0.25) is 0 Å². The van der Waals surface area contributed by atoms with Crippen LogP contribution in [0.4, 0.5) is 0 Å². The van der Waals surface area contributed by atoms with E-state index in [9.17, 15) is 5.11 Å². The van der Waals surface area contributed by atoms with Crippen LogP contribution >= 0.6 is 0 Å². The zero-order valence-electron chi connectivity index (χ0n) is 8.95. The molecule has 0 saturated carbocycles. The summed E-state index contributed by atoms with van der Waals surface area (Å²) in [5.41, 5.74) is 5.42. The van der Waals surface area contributed by atoms with Crippen molar-refractivity contribution < 1.29 is 5.11 Å². The van der Waals surface area contributed by atoms with Gasteiger partial charge in [0.05, 0.1) is 6.10 Å². The third-order valence-electron chi connectivity index (χ3n) is 2.87. The molecule has 1 heterocycles. The summed E-state index contributed by atoms with van der Waals surface area (Å²) >= 11 is 0. The lowest BCUT2D eigenvalue weighted by Crippen LogP contribution is -2.52. The first-order valence-corrected chi connectivity index (χ1v) is 5.07. The molecule has 3 nitrogen and oxygen atoms in total. The summed E-state index contributed by atoms with van der Waals surface area (Å²) in [6, 6.07) is 0. The van der Waals surface area contributed by atoms with Crippen molar-refractivity contribution in [3.8, 4) is 0 Å². The highest BCUT2D eigenvalue weighted by atomic mass is 16.3. The van der Waals surface area contributed by atoms with Gasteiger partial charge in [-0.15, -0.1) is 0 Å². The molecule has 1 fully saturated rings. The minimum atomic E-state index is -0.469. The van der Waals surface area contributed by atoms with Gasteiger partial charge in [0.15, 0.2) is 0 Å². The molecule has 0 bridgehead atoms. The van der Waals surface area contributed by atoms with Gasteiger partial charge < -0.3 is 15.7 Å². The highest BCUT2D eigenvalue weighted by Crippen LogP contribution is 2.23. The Labute approximate surface area is 80.9 Å². The van der Waals surface area contributed by atoms with E-state index in [0.717, 1.165) is 19.5 Å². The Balaban J connectivity index is 2.51. The number of nitrogens with zero attached hydrogens (tertiary/aromatic N) is 1. The van der Waals surface area contributed by atoms with Crippen LogP contribution in [0.5, 0.6) is 0 Å². The normalized spacial score (nSPS) is 28.8. The number of piperidine rings is 1. The molecule has 1 aliphatic rings. The van der Waals surface area contributed by atoms with Crippen molar-refractivity contribution in [1.29, 1.82) is 0 Å². The maximum atomic E-state index is 9.98.